The predicted molar refractivity (Wildman–Crippen MR) is 137 cm³/mol. The number of guanidine groups is 1. The van der Waals surface area contributed by atoms with Crippen molar-refractivity contribution in [2.75, 3.05) is 51.7 Å². The second kappa shape index (κ2) is 11.6. The summed E-state index contributed by atoms with van der Waals surface area (Å²) in [4.78, 5) is 13.7. The van der Waals surface area contributed by atoms with E-state index in [1.807, 2.05) is 18.3 Å². The van der Waals surface area contributed by atoms with Crippen LogP contribution in [0.25, 0.3) is 0 Å². The average molecular weight is 540 g/mol. The topological polar surface area (TPSA) is 55.8 Å². The maximum atomic E-state index is 13.6. The largest absolute Gasteiger partial charge is 0.356 e. The summed E-state index contributed by atoms with van der Waals surface area (Å²) in [7, 11) is 3.91. The molecular weight excluding hydrogens is 506 g/mol. The van der Waals surface area contributed by atoms with E-state index < -0.39 is 0 Å². The smallest absolute Gasteiger partial charge is 0.191 e. The number of piperazine rings is 1. The summed E-state index contributed by atoms with van der Waals surface area (Å²) in [5, 5.41) is 6.78. The van der Waals surface area contributed by atoms with E-state index in [-0.39, 0.29) is 35.2 Å². The van der Waals surface area contributed by atoms with E-state index in [0.29, 0.717) is 19.0 Å². The van der Waals surface area contributed by atoms with Crippen LogP contribution >= 0.6 is 24.0 Å². The van der Waals surface area contributed by atoms with Crippen LogP contribution in [0.1, 0.15) is 25.0 Å². The van der Waals surface area contributed by atoms with Crippen molar-refractivity contribution in [2.24, 2.45) is 4.99 Å². The lowest BCUT2D eigenvalue weighted by Crippen LogP contribution is -2.46. The van der Waals surface area contributed by atoms with Crippen molar-refractivity contribution in [1.82, 2.24) is 20.5 Å². The quantitative estimate of drug-likeness (QED) is 0.335. The van der Waals surface area contributed by atoms with Crippen LogP contribution in [0.3, 0.4) is 0 Å². The summed E-state index contributed by atoms with van der Waals surface area (Å²) in [5.74, 6) is 1.54. The third-order valence-electron chi connectivity index (χ3n) is 5.64. The summed E-state index contributed by atoms with van der Waals surface area (Å²) in [5.41, 5.74) is 1.86. The van der Waals surface area contributed by atoms with E-state index >= 15 is 0 Å². The van der Waals surface area contributed by atoms with Crippen LogP contribution < -0.4 is 15.5 Å². The molecule has 0 spiro atoms. The summed E-state index contributed by atoms with van der Waals surface area (Å²) >= 11 is 0. The standard InChI is InChI=1S/C23H33FN6.HI/c1-23(2,19-8-5-9-20(24)15-19)17-28-22(25-3)27-16-18-7-6-10-26-21(18)30-13-11-29(4)12-14-30;/h5-10,15H,11-14,16-17H2,1-4H3,(H2,25,27,28);1H. The van der Waals surface area contributed by atoms with Crippen LogP contribution in [0.5, 0.6) is 0 Å². The monoisotopic (exact) mass is 540 g/mol. The highest BCUT2D eigenvalue weighted by Gasteiger charge is 2.22. The molecule has 31 heavy (non-hydrogen) atoms. The zero-order valence-electron chi connectivity index (χ0n) is 18.9. The number of nitrogens with zero attached hydrogens (tertiary/aromatic N) is 4. The molecule has 1 aliphatic rings. The molecule has 3 rings (SSSR count). The third kappa shape index (κ3) is 7.03. The van der Waals surface area contributed by atoms with Gasteiger partial charge in [0.15, 0.2) is 5.96 Å². The molecule has 1 aromatic carbocycles. The Morgan fingerprint density at radius 1 is 1.13 bits per heavy atom. The molecule has 1 saturated heterocycles. The molecule has 1 aromatic heterocycles. The highest BCUT2D eigenvalue weighted by atomic mass is 127. The molecule has 2 aromatic rings. The first-order chi connectivity index (χ1) is 14.4. The Morgan fingerprint density at radius 3 is 2.55 bits per heavy atom. The summed E-state index contributed by atoms with van der Waals surface area (Å²) < 4.78 is 13.6. The second-order valence-electron chi connectivity index (χ2n) is 8.45. The number of aliphatic imine (C=N–C) groups is 1. The molecule has 170 valence electrons. The molecule has 1 fully saturated rings. The van der Waals surface area contributed by atoms with Gasteiger partial charge in [-0.05, 0) is 30.8 Å². The first-order valence-corrected chi connectivity index (χ1v) is 10.5. The molecule has 6 nitrogen and oxygen atoms in total. The molecule has 0 amide bonds. The van der Waals surface area contributed by atoms with Crippen molar-refractivity contribution >= 4 is 35.8 Å². The van der Waals surface area contributed by atoms with Gasteiger partial charge in [0.05, 0.1) is 0 Å². The fraction of sp³-hybridized carbons (Fsp3) is 0.478. The SMILES string of the molecule is CN=C(NCc1cccnc1N1CCN(C)CC1)NCC(C)(C)c1cccc(F)c1.I. The highest BCUT2D eigenvalue weighted by molar-refractivity contribution is 14.0. The minimum absolute atomic E-state index is 0. The zero-order valence-corrected chi connectivity index (χ0v) is 21.2. The van der Waals surface area contributed by atoms with Crippen LogP contribution in [0, 0.1) is 5.82 Å². The van der Waals surface area contributed by atoms with E-state index in [9.17, 15) is 4.39 Å². The molecule has 1 aliphatic heterocycles. The van der Waals surface area contributed by atoms with Gasteiger partial charge in [-0.25, -0.2) is 9.37 Å². The maximum Gasteiger partial charge on any atom is 0.191 e. The fourth-order valence-corrected chi connectivity index (χ4v) is 3.59. The second-order valence-corrected chi connectivity index (χ2v) is 8.45. The number of aromatic nitrogens is 1. The van der Waals surface area contributed by atoms with Crippen molar-refractivity contribution in [2.45, 2.75) is 25.8 Å². The van der Waals surface area contributed by atoms with Gasteiger partial charge in [0.25, 0.3) is 0 Å². The molecule has 0 radical (unpaired) electrons. The number of benzene rings is 1. The zero-order chi connectivity index (χ0) is 21.6. The van der Waals surface area contributed by atoms with Gasteiger partial charge >= 0.3 is 0 Å². The molecule has 0 atom stereocenters. The molecule has 8 heteroatoms. The van der Waals surface area contributed by atoms with Gasteiger partial charge < -0.3 is 20.4 Å². The van der Waals surface area contributed by atoms with Crippen LogP contribution in [-0.2, 0) is 12.0 Å². The lowest BCUT2D eigenvalue weighted by atomic mass is 9.84. The maximum absolute atomic E-state index is 13.6. The highest BCUT2D eigenvalue weighted by Crippen LogP contribution is 2.23. The number of halogens is 2. The Hall–Kier alpha value is -1.94. The van der Waals surface area contributed by atoms with Gasteiger partial charge in [0, 0.05) is 63.5 Å². The Bertz CT molecular complexity index is 865. The fourth-order valence-electron chi connectivity index (χ4n) is 3.59. The Labute approximate surface area is 202 Å². The summed E-state index contributed by atoms with van der Waals surface area (Å²) in [6.45, 7) is 9.50. The van der Waals surface area contributed by atoms with E-state index in [4.69, 9.17) is 0 Å². The van der Waals surface area contributed by atoms with Gasteiger partial charge in [-0.2, -0.15) is 0 Å². The average Bonchev–Trinajstić information content (AvgIpc) is 2.75. The lowest BCUT2D eigenvalue weighted by molar-refractivity contribution is 0.312. The molecule has 0 bridgehead atoms. The van der Waals surface area contributed by atoms with Crippen molar-refractivity contribution in [3.8, 4) is 0 Å². The van der Waals surface area contributed by atoms with Crippen LogP contribution in [0.4, 0.5) is 10.2 Å². The summed E-state index contributed by atoms with van der Waals surface area (Å²) in [6.07, 6.45) is 1.85. The van der Waals surface area contributed by atoms with Crippen molar-refractivity contribution in [1.29, 1.82) is 0 Å². The van der Waals surface area contributed by atoms with Crippen LogP contribution in [0.2, 0.25) is 0 Å². The van der Waals surface area contributed by atoms with Gasteiger partial charge in [-0.15, -0.1) is 24.0 Å². The van der Waals surface area contributed by atoms with Gasteiger partial charge in [0.1, 0.15) is 11.6 Å². The first kappa shape index (κ1) is 25.3. The number of hydrogen-bond donors (Lipinski definition) is 2. The van der Waals surface area contributed by atoms with Gasteiger partial charge in [0.2, 0.25) is 0 Å². The summed E-state index contributed by atoms with van der Waals surface area (Å²) in [6, 6.07) is 10.9. The Kier molecular flexibility index (Phi) is 9.49. The Morgan fingerprint density at radius 2 is 1.87 bits per heavy atom. The minimum atomic E-state index is -0.237. The minimum Gasteiger partial charge on any atom is -0.356 e. The number of hydrogen-bond acceptors (Lipinski definition) is 4. The first-order valence-electron chi connectivity index (χ1n) is 10.5. The van der Waals surface area contributed by atoms with Crippen molar-refractivity contribution < 1.29 is 4.39 Å². The number of pyridine rings is 1. The number of nitrogens with one attached hydrogen (secondary N) is 2. The normalized spacial score (nSPS) is 15.4. The lowest BCUT2D eigenvalue weighted by Gasteiger charge is -2.34. The van der Waals surface area contributed by atoms with Crippen molar-refractivity contribution in [3.63, 3.8) is 0 Å². The van der Waals surface area contributed by atoms with Gasteiger partial charge in [-0.1, -0.05) is 32.0 Å². The van der Waals surface area contributed by atoms with E-state index in [0.717, 1.165) is 43.1 Å². The number of rotatable bonds is 6. The van der Waals surface area contributed by atoms with E-state index in [2.05, 4.69) is 57.4 Å². The van der Waals surface area contributed by atoms with Gasteiger partial charge in [-0.3, -0.25) is 4.99 Å². The molecule has 0 unspecified atom stereocenters. The Balaban J connectivity index is 0.00000341. The molecule has 2 N–H and O–H groups in total. The third-order valence-corrected chi connectivity index (χ3v) is 5.64. The van der Waals surface area contributed by atoms with Crippen molar-refractivity contribution in [3.05, 3.63) is 59.5 Å². The van der Waals surface area contributed by atoms with Crippen LogP contribution in [0.15, 0.2) is 47.6 Å². The molecule has 2 heterocycles. The molecule has 0 saturated carbocycles. The molecule has 0 aliphatic carbocycles. The number of anilines is 1. The predicted octanol–water partition coefficient (Wildman–Crippen LogP) is 3.23. The van der Waals surface area contributed by atoms with E-state index in [1.165, 1.54) is 6.07 Å². The van der Waals surface area contributed by atoms with E-state index in [1.54, 1.807) is 19.2 Å². The number of likely N-dealkylation sites (N-methyl/N-ethyl adjacent to an activating group) is 1. The molecular formula is C23H34FIN6. The van der Waals surface area contributed by atoms with Crippen LogP contribution in [-0.4, -0.2) is 62.7 Å².